The van der Waals surface area contributed by atoms with Gasteiger partial charge in [0, 0.05) is 6.42 Å². The Bertz CT molecular complexity index is 527. The Hall–Kier alpha value is -0.870. The molecule has 1 unspecified atom stereocenters. The summed E-state index contributed by atoms with van der Waals surface area (Å²) in [5.74, 6) is -0.232. The van der Waals surface area contributed by atoms with Crippen molar-refractivity contribution in [3.63, 3.8) is 0 Å². The van der Waals surface area contributed by atoms with E-state index in [1.165, 1.54) is 57.8 Å². The molecule has 4 nitrogen and oxygen atoms in total. The van der Waals surface area contributed by atoms with Gasteiger partial charge in [0.15, 0.2) is 0 Å². The van der Waals surface area contributed by atoms with E-state index in [9.17, 15) is 9.90 Å². The van der Waals surface area contributed by atoms with Gasteiger partial charge in [-0.05, 0) is 81.5 Å². The monoisotopic (exact) mass is 436 g/mol. The molecule has 2 fully saturated rings. The molecule has 2 rings (SSSR count). The number of rotatable bonds is 13. The Morgan fingerprint density at radius 2 is 1.65 bits per heavy atom. The van der Waals surface area contributed by atoms with Crippen molar-refractivity contribution < 1.29 is 19.4 Å². The zero-order chi connectivity index (χ0) is 22.6. The summed E-state index contributed by atoms with van der Waals surface area (Å²) in [5.41, 5.74) is 1.02. The highest BCUT2D eigenvalue weighted by Gasteiger charge is 2.35. The first-order valence-corrected chi connectivity index (χ1v) is 12.9. The average Bonchev–Trinajstić information content (AvgIpc) is 2.76. The van der Waals surface area contributed by atoms with Crippen LogP contribution < -0.4 is 0 Å². The van der Waals surface area contributed by atoms with Crippen molar-refractivity contribution in [2.75, 3.05) is 13.2 Å². The third-order valence-electron chi connectivity index (χ3n) is 7.65. The summed E-state index contributed by atoms with van der Waals surface area (Å²) in [4.78, 5) is 11.8. The number of esters is 1. The Morgan fingerprint density at radius 3 is 2.29 bits per heavy atom. The molecule has 0 spiro atoms. The number of allylic oxidation sites excluding steroid dienone is 2. The fraction of sp³-hybridized carbons (Fsp3) is 0.889. The molecule has 2 aliphatic carbocycles. The Labute approximate surface area is 191 Å². The zero-order valence-electron chi connectivity index (χ0n) is 20.5. The molecule has 0 radical (unpaired) electrons. The van der Waals surface area contributed by atoms with Crippen molar-refractivity contribution in [3.05, 3.63) is 12.2 Å². The maximum absolute atomic E-state index is 11.8. The SMILES string of the molecule is CCC=CCCCC(=O)OCC(O)COC1CCC(C)(CCC2(C)CCCCC2)CC1. The van der Waals surface area contributed by atoms with Crippen molar-refractivity contribution >= 4 is 5.97 Å². The lowest BCUT2D eigenvalue weighted by Gasteiger charge is -2.41. The van der Waals surface area contributed by atoms with E-state index in [2.05, 4.69) is 32.9 Å². The van der Waals surface area contributed by atoms with Gasteiger partial charge in [-0.2, -0.15) is 0 Å². The van der Waals surface area contributed by atoms with E-state index in [0.717, 1.165) is 32.1 Å². The highest BCUT2D eigenvalue weighted by Crippen LogP contribution is 2.46. The highest BCUT2D eigenvalue weighted by molar-refractivity contribution is 5.69. The molecule has 4 heteroatoms. The van der Waals surface area contributed by atoms with Crippen molar-refractivity contribution in [1.29, 1.82) is 0 Å². The maximum atomic E-state index is 11.8. The second-order valence-corrected chi connectivity index (χ2v) is 10.8. The first kappa shape index (κ1) is 26.4. The second kappa shape index (κ2) is 13.6. The van der Waals surface area contributed by atoms with Crippen LogP contribution in [0.1, 0.15) is 117 Å². The smallest absolute Gasteiger partial charge is 0.305 e. The molecule has 0 heterocycles. The summed E-state index contributed by atoms with van der Waals surface area (Å²) in [6.07, 6.45) is 21.2. The van der Waals surface area contributed by atoms with E-state index in [0.29, 0.717) is 17.3 Å². The number of aliphatic hydroxyl groups excluding tert-OH is 1. The molecule has 0 aromatic heterocycles. The number of unbranched alkanes of at least 4 members (excludes halogenated alkanes) is 1. The van der Waals surface area contributed by atoms with Crippen LogP contribution in [0.4, 0.5) is 0 Å². The van der Waals surface area contributed by atoms with E-state index in [1.54, 1.807) is 0 Å². The number of ether oxygens (including phenoxy) is 2. The Balaban J connectivity index is 1.55. The van der Waals surface area contributed by atoms with Gasteiger partial charge in [-0.15, -0.1) is 0 Å². The van der Waals surface area contributed by atoms with Crippen LogP contribution >= 0.6 is 0 Å². The molecule has 0 bridgehead atoms. The summed E-state index contributed by atoms with van der Waals surface area (Å²) < 4.78 is 11.1. The van der Waals surface area contributed by atoms with Crippen LogP contribution in [0, 0.1) is 10.8 Å². The third kappa shape index (κ3) is 10.5. The predicted molar refractivity (Wildman–Crippen MR) is 127 cm³/mol. The summed E-state index contributed by atoms with van der Waals surface area (Å²) >= 11 is 0. The highest BCUT2D eigenvalue weighted by atomic mass is 16.5. The van der Waals surface area contributed by atoms with Crippen LogP contribution in [0.25, 0.3) is 0 Å². The predicted octanol–water partition coefficient (Wildman–Crippen LogP) is 6.74. The summed E-state index contributed by atoms with van der Waals surface area (Å²) in [5, 5.41) is 10.1. The lowest BCUT2D eigenvalue weighted by molar-refractivity contribution is -0.148. The van der Waals surface area contributed by atoms with Crippen molar-refractivity contribution in [3.8, 4) is 0 Å². The van der Waals surface area contributed by atoms with Gasteiger partial charge in [0.25, 0.3) is 0 Å². The molecule has 0 aromatic rings. The molecule has 180 valence electrons. The fourth-order valence-electron chi connectivity index (χ4n) is 5.17. The molecule has 0 saturated heterocycles. The van der Waals surface area contributed by atoms with Crippen LogP contribution in [0.5, 0.6) is 0 Å². The van der Waals surface area contributed by atoms with Gasteiger partial charge < -0.3 is 14.6 Å². The van der Waals surface area contributed by atoms with Gasteiger partial charge in [0.05, 0.1) is 12.7 Å². The van der Waals surface area contributed by atoms with E-state index in [-0.39, 0.29) is 25.3 Å². The minimum absolute atomic E-state index is 0.0344. The molecule has 0 aromatic carbocycles. The van der Waals surface area contributed by atoms with Gasteiger partial charge in [0.1, 0.15) is 12.7 Å². The number of hydrogen-bond acceptors (Lipinski definition) is 4. The minimum atomic E-state index is -0.733. The van der Waals surface area contributed by atoms with Crippen LogP contribution in [0.15, 0.2) is 12.2 Å². The molecule has 2 saturated carbocycles. The average molecular weight is 437 g/mol. The molecule has 0 aliphatic heterocycles. The topological polar surface area (TPSA) is 55.8 Å². The molecular formula is C27H48O4. The van der Waals surface area contributed by atoms with E-state index in [4.69, 9.17) is 9.47 Å². The van der Waals surface area contributed by atoms with E-state index >= 15 is 0 Å². The zero-order valence-corrected chi connectivity index (χ0v) is 20.5. The minimum Gasteiger partial charge on any atom is -0.463 e. The molecule has 31 heavy (non-hydrogen) atoms. The third-order valence-corrected chi connectivity index (χ3v) is 7.65. The van der Waals surface area contributed by atoms with Crippen LogP contribution in [0.3, 0.4) is 0 Å². The first-order valence-electron chi connectivity index (χ1n) is 12.9. The van der Waals surface area contributed by atoms with Crippen molar-refractivity contribution in [2.45, 2.75) is 129 Å². The fourth-order valence-corrected chi connectivity index (χ4v) is 5.17. The van der Waals surface area contributed by atoms with Crippen LogP contribution in [0.2, 0.25) is 0 Å². The lowest BCUT2D eigenvalue weighted by atomic mass is 9.66. The molecule has 1 N–H and O–H groups in total. The standard InChI is InChI=1S/C27H48O4/c1-4-5-6-7-9-12-25(29)31-22-23(28)21-30-24-13-17-27(3,18-14-24)20-19-26(2)15-10-8-11-16-26/h5-6,23-24,28H,4,7-22H2,1-3H3. The van der Waals surface area contributed by atoms with Crippen molar-refractivity contribution in [1.82, 2.24) is 0 Å². The van der Waals surface area contributed by atoms with Crippen molar-refractivity contribution in [2.24, 2.45) is 10.8 Å². The molecule has 0 amide bonds. The lowest BCUT2D eigenvalue weighted by Crippen LogP contribution is -2.33. The Morgan fingerprint density at radius 1 is 1.00 bits per heavy atom. The van der Waals surface area contributed by atoms with Crippen LogP contribution in [-0.4, -0.2) is 36.5 Å². The first-order chi connectivity index (χ1) is 14.8. The largest absolute Gasteiger partial charge is 0.463 e. The van der Waals surface area contributed by atoms with Gasteiger partial charge in [0.2, 0.25) is 0 Å². The van der Waals surface area contributed by atoms with Gasteiger partial charge in [-0.3, -0.25) is 4.79 Å². The molecule has 2 aliphatic rings. The number of aliphatic hydroxyl groups is 1. The summed E-state index contributed by atoms with van der Waals surface area (Å²) in [7, 11) is 0. The number of carbonyl (C=O) groups excluding carboxylic acids is 1. The Kier molecular flexibility index (Phi) is 11.6. The van der Waals surface area contributed by atoms with E-state index < -0.39 is 6.10 Å². The van der Waals surface area contributed by atoms with Gasteiger partial charge in [-0.1, -0.05) is 52.2 Å². The quantitative estimate of drug-likeness (QED) is 0.197. The van der Waals surface area contributed by atoms with E-state index in [1.807, 2.05) is 0 Å². The summed E-state index contributed by atoms with van der Waals surface area (Å²) in [6, 6.07) is 0. The molecule has 1 atom stereocenters. The van der Waals surface area contributed by atoms with Crippen LogP contribution in [-0.2, 0) is 14.3 Å². The maximum Gasteiger partial charge on any atom is 0.305 e. The van der Waals surface area contributed by atoms with Gasteiger partial charge in [-0.25, -0.2) is 0 Å². The summed E-state index contributed by atoms with van der Waals surface area (Å²) in [6.45, 7) is 7.35. The molecular weight excluding hydrogens is 388 g/mol. The number of hydrogen-bond donors (Lipinski definition) is 1. The van der Waals surface area contributed by atoms with Gasteiger partial charge >= 0.3 is 5.97 Å². The second-order valence-electron chi connectivity index (χ2n) is 10.8. The normalized spacial score (nSPS) is 27.3. The number of carbonyl (C=O) groups is 1.